The van der Waals surface area contributed by atoms with E-state index in [-0.39, 0.29) is 16.6 Å². The van der Waals surface area contributed by atoms with Crippen LogP contribution in [0.1, 0.15) is 53.9 Å². The Morgan fingerprint density at radius 3 is 2.28 bits per heavy atom. The summed E-state index contributed by atoms with van der Waals surface area (Å²) in [5.41, 5.74) is 3.99. The molecule has 1 aliphatic carbocycles. The van der Waals surface area contributed by atoms with Crippen LogP contribution >= 0.6 is 0 Å². The maximum Gasteiger partial charge on any atom is 0.335 e. The number of aliphatic carboxylic acids is 2. The zero-order valence-electron chi connectivity index (χ0n) is 15.7. The van der Waals surface area contributed by atoms with E-state index in [0.29, 0.717) is 0 Å². The number of hydrogen-bond acceptors (Lipinski definition) is 2. The third-order valence-electron chi connectivity index (χ3n) is 4.56. The van der Waals surface area contributed by atoms with Gasteiger partial charge in [-0.1, -0.05) is 43.2 Å². The van der Waals surface area contributed by atoms with E-state index in [1.54, 1.807) is 6.08 Å². The van der Waals surface area contributed by atoms with E-state index >= 15 is 0 Å². The molecule has 1 rings (SSSR count). The Kier molecular flexibility index (Phi) is 7.16. The van der Waals surface area contributed by atoms with Crippen LogP contribution in [0.15, 0.2) is 58.2 Å². The van der Waals surface area contributed by atoms with Crippen LogP contribution in [0.4, 0.5) is 0 Å². The summed E-state index contributed by atoms with van der Waals surface area (Å²) < 4.78 is 0. The molecular formula is C21H28O4. The minimum absolute atomic E-state index is 0.0245. The van der Waals surface area contributed by atoms with E-state index in [2.05, 4.69) is 26.8 Å². The quantitative estimate of drug-likeness (QED) is 0.522. The molecule has 4 heteroatoms. The number of carbonyl (C=O) groups is 2. The molecule has 25 heavy (non-hydrogen) atoms. The summed E-state index contributed by atoms with van der Waals surface area (Å²) in [6.45, 7) is 10.0. The topological polar surface area (TPSA) is 74.6 Å². The molecule has 0 aromatic carbocycles. The van der Waals surface area contributed by atoms with Crippen molar-refractivity contribution in [2.75, 3.05) is 0 Å². The van der Waals surface area contributed by atoms with Crippen molar-refractivity contribution < 1.29 is 19.8 Å². The van der Waals surface area contributed by atoms with Crippen LogP contribution in [0, 0.1) is 5.41 Å². The highest BCUT2D eigenvalue weighted by molar-refractivity contribution is 5.94. The highest BCUT2D eigenvalue weighted by atomic mass is 16.4. The van der Waals surface area contributed by atoms with Gasteiger partial charge in [-0.2, -0.15) is 0 Å². The van der Waals surface area contributed by atoms with Gasteiger partial charge < -0.3 is 10.2 Å². The molecule has 0 heterocycles. The molecule has 0 atom stereocenters. The van der Waals surface area contributed by atoms with Crippen LogP contribution in [-0.4, -0.2) is 22.2 Å². The van der Waals surface area contributed by atoms with Gasteiger partial charge in [-0.25, -0.2) is 9.59 Å². The van der Waals surface area contributed by atoms with E-state index < -0.39 is 11.9 Å². The maximum atomic E-state index is 11.3. The minimum Gasteiger partial charge on any atom is -0.478 e. The van der Waals surface area contributed by atoms with Crippen LogP contribution < -0.4 is 0 Å². The van der Waals surface area contributed by atoms with Gasteiger partial charge in [-0.05, 0) is 62.7 Å². The molecule has 0 fully saturated rings. The smallest absolute Gasteiger partial charge is 0.335 e. The second kappa shape index (κ2) is 8.65. The third kappa shape index (κ3) is 6.22. The summed E-state index contributed by atoms with van der Waals surface area (Å²) >= 11 is 0. The third-order valence-corrected chi connectivity index (χ3v) is 4.56. The molecular weight excluding hydrogens is 316 g/mol. The molecule has 0 aromatic heterocycles. The fourth-order valence-electron chi connectivity index (χ4n) is 3.13. The Balaban J connectivity index is 3.07. The van der Waals surface area contributed by atoms with E-state index in [4.69, 9.17) is 5.11 Å². The van der Waals surface area contributed by atoms with E-state index in [0.717, 1.165) is 24.5 Å². The van der Waals surface area contributed by atoms with Gasteiger partial charge in [0.15, 0.2) is 0 Å². The maximum absolute atomic E-state index is 11.3. The van der Waals surface area contributed by atoms with Crippen molar-refractivity contribution in [3.63, 3.8) is 0 Å². The van der Waals surface area contributed by atoms with E-state index in [9.17, 15) is 14.7 Å². The predicted molar refractivity (Wildman–Crippen MR) is 100 cm³/mol. The molecule has 0 aromatic rings. The molecule has 0 bridgehead atoms. The monoisotopic (exact) mass is 344 g/mol. The van der Waals surface area contributed by atoms with Gasteiger partial charge in [0, 0.05) is 6.08 Å². The van der Waals surface area contributed by atoms with Crippen molar-refractivity contribution in [2.24, 2.45) is 5.41 Å². The van der Waals surface area contributed by atoms with Gasteiger partial charge in [0.1, 0.15) is 0 Å². The summed E-state index contributed by atoms with van der Waals surface area (Å²) in [4.78, 5) is 22.0. The van der Waals surface area contributed by atoms with Crippen molar-refractivity contribution in [1.82, 2.24) is 0 Å². The first kappa shape index (κ1) is 20.7. The van der Waals surface area contributed by atoms with Crippen molar-refractivity contribution in [3.05, 3.63) is 58.2 Å². The summed E-state index contributed by atoms with van der Waals surface area (Å²) in [5, 5.41) is 18.0. The first-order valence-corrected chi connectivity index (χ1v) is 8.46. The molecule has 136 valence electrons. The van der Waals surface area contributed by atoms with Crippen LogP contribution in [-0.2, 0) is 9.59 Å². The Bertz CT molecular complexity index is 697. The minimum atomic E-state index is -1.16. The van der Waals surface area contributed by atoms with Crippen molar-refractivity contribution in [1.29, 1.82) is 0 Å². The highest BCUT2D eigenvalue weighted by Gasteiger charge is 2.26. The molecule has 1 aliphatic rings. The van der Waals surface area contributed by atoms with Crippen LogP contribution in [0.2, 0.25) is 0 Å². The lowest BCUT2D eigenvalue weighted by molar-refractivity contribution is -0.132. The van der Waals surface area contributed by atoms with Crippen LogP contribution in [0.3, 0.4) is 0 Å². The summed E-state index contributed by atoms with van der Waals surface area (Å²) in [5.74, 6) is -2.30. The molecule has 0 amide bonds. The van der Waals surface area contributed by atoms with E-state index in [1.165, 1.54) is 30.6 Å². The molecule has 0 saturated carbocycles. The average molecular weight is 344 g/mol. The molecule has 4 nitrogen and oxygen atoms in total. The van der Waals surface area contributed by atoms with Gasteiger partial charge in [-0.15, -0.1) is 0 Å². The molecule has 0 unspecified atom stereocenters. The zero-order valence-corrected chi connectivity index (χ0v) is 15.7. The van der Waals surface area contributed by atoms with Crippen molar-refractivity contribution >= 4 is 11.9 Å². The van der Waals surface area contributed by atoms with Crippen molar-refractivity contribution in [2.45, 2.75) is 53.9 Å². The molecule has 0 aliphatic heterocycles. The fourth-order valence-corrected chi connectivity index (χ4v) is 3.13. The number of hydrogen-bond donors (Lipinski definition) is 2. The fraction of sp³-hybridized carbons (Fsp3) is 0.429. The number of carboxylic acid groups (broad SMARTS) is 2. The Labute approximate surface area is 149 Å². The molecule has 2 N–H and O–H groups in total. The zero-order chi connectivity index (χ0) is 19.2. The second-order valence-electron chi connectivity index (χ2n) is 7.23. The Morgan fingerprint density at radius 2 is 1.76 bits per heavy atom. The first-order chi connectivity index (χ1) is 11.5. The predicted octanol–water partition coefficient (Wildman–Crippen LogP) is 5.06. The lowest BCUT2D eigenvalue weighted by atomic mass is 9.72. The largest absolute Gasteiger partial charge is 0.478 e. The Morgan fingerprint density at radius 1 is 1.12 bits per heavy atom. The lowest BCUT2D eigenvalue weighted by Gasteiger charge is -2.32. The number of allylic oxidation sites excluding steroid dienone is 7. The van der Waals surface area contributed by atoms with Crippen LogP contribution in [0.25, 0.3) is 0 Å². The number of rotatable bonds is 6. The molecule has 0 saturated heterocycles. The SMILES string of the molecule is CC1=C(/C=C/C(C)=C\C=C(C(=O)O)/C(C)=C\C(=O)O)C(C)(C)CCC1. The van der Waals surface area contributed by atoms with Gasteiger partial charge >= 0.3 is 11.9 Å². The molecule has 0 radical (unpaired) electrons. The summed E-state index contributed by atoms with van der Waals surface area (Å²) in [7, 11) is 0. The standard InChI is InChI=1S/C21H28O4/c1-14(8-10-17(20(24)25)16(3)13-19(22)23)9-11-18-15(2)7-6-12-21(18,4)5/h8-11,13H,6-7,12H2,1-5H3,(H,22,23)(H,24,25)/b11-9+,14-8-,16-13-,17-10+. The first-order valence-electron chi connectivity index (χ1n) is 8.46. The van der Waals surface area contributed by atoms with Gasteiger partial charge in [-0.3, -0.25) is 0 Å². The highest BCUT2D eigenvalue weighted by Crippen LogP contribution is 2.40. The van der Waals surface area contributed by atoms with Crippen molar-refractivity contribution in [3.8, 4) is 0 Å². The van der Waals surface area contributed by atoms with Gasteiger partial charge in [0.05, 0.1) is 5.57 Å². The molecule has 0 spiro atoms. The number of carboxylic acids is 2. The van der Waals surface area contributed by atoms with E-state index in [1.807, 2.05) is 13.0 Å². The summed E-state index contributed by atoms with van der Waals surface area (Å²) in [6.07, 6.45) is 11.6. The lowest BCUT2D eigenvalue weighted by Crippen LogP contribution is -2.19. The average Bonchev–Trinajstić information content (AvgIpc) is 2.44. The summed E-state index contributed by atoms with van der Waals surface area (Å²) in [6, 6.07) is 0. The van der Waals surface area contributed by atoms with Crippen LogP contribution in [0.5, 0.6) is 0 Å². The van der Waals surface area contributed by atoms with Gasteiger partial charge in [0.2, 0.25) is 0 Å². The second-order valence-corrected chi connectivity index (χ2v) is 7.23. The van der Waals surface area contributed by atoms with Gasteiger partial charge in [0.25, 0.3) is 0 Å². The Hall–Kier alpha value is -2.36. The normalized spacial score (nSPS) is 19.5.